The van der Waals surface area contributed by atoms with Gasteiger partial charge in [0.25, 0.3) is 0 Å². The van der Waals surface area contributed by atoms with E-state index in [4.69, 9.17) is 28.4 Å². The van der Waals surface area contributed by atoms with Gasteiger partial charge in [0.2, 0.25) is 5.91 Å². The first kappa shape index (κ1) is 96.9. The van der Waals surface area contributed by atoms with Crippen LogP contribution in [0.15, 0.2) is 97.2 Å². The Bertz CT molecular complexity index is 2290. The van der Waals surface area contributed by atoms with Crippen LogP contribution in [0.4, 0.5) is 0 Å². The molecular formula is C87H153NO18. The third kappa shape index (κ3) is 45.3. The first-order valence-electron chi connectivity index (χ1n) is 42.5. The Morgan fingerprint density at radius 1 is 0.349 bits per heavy atom. The van der Waals surface area contributed by atoms with Crippen LogP contribution in [0.1, 0.15) is 316 Å². The highest BCUT2D eigenvalue weighted by Crippen LogP contribution is 2.33. The maximum atomic E-state index is 13.5. The van der Waals surface area contributed by atoms with E-state index in [-0.39, 0.29) is 18.9 Å². The summed E-state index contributed by atoms with van der Waals surface area (Å²) in [5.74, 6) is -0.283. The Labute approximate surface area is 641 Å². The van der Waals surface area contributed by atoms with Gasteiger partial charge in [0.15, 0.2) is 18.9 Å². The summed E-state index contributed by atoms with van der Waals surface area (Å²) in [6.45, 7) is 1.63. The lowest BCUT2D eigenvalue weighted by Crippen LogP contribution is -2.66. The third-order valence-electron chi connectivity index (χ3n) is 20.6. The van der Waals surface area contributed by atoms with Crippen LogP contribution in [0.3, 0.4) is 0 Å². The minimum atomic E-state index is -1.98. The first-order valence-corrected chi connectivity index (χ1v) is 42.5. The molecule has 0 bridgehead atoms. The number of amides is 1. The number of aliphatic hydroxyl groups excluding tert-OH is 11. The molecule has 1 amide bonds. The number of carbonyl (C=O) groups is 1. The summed E-state index contributed by atoms with van der Waals surface area (Å²) >= 11 is 0. The number of hydrogen-bond donors (Lipinski definition) is 12. The van der Waals surface area contributed by atoms with Crippen LogP contribution in [0.5, 0.6) is 0 Å². The molecule has 3 aliphatic heterocycles. The fraction of sp³-hybridized carbons (Fsp3) is 0.805. The van der Waals surface area contributed by atoms with Crippen molar-refractivity contribution in [3.63, 3.8) is 0 Å². The van der Waals surface area contributed by atoms with Crippen LogP contribution in [0.2, 0.25) is 0 Å². The van der Waals surface area contributed by atoms with Gasteiger partial charge in [0.05, 0.1) is 38.6 Å². The minimum absolute atomic E-state index is 0.235. The second kappa shape index (κ2) is 66.3. The summed E-state index contributed by atoms with van der Waals surface area (Å²) in [6, 6.07) is -0.994. The summed E-state index contributed by atoms with van der Waals surface area (Å²) in [4.78, 5) is 13.5. The molecule has 106 heavy (non-hydrogen) atoms. The Kier molecular flexibility index (Phi) is 60.6. The van der Waals surface area contributed by atoms with E-state index in [0.29, 0.717) is 12.8 Å². The molecule has 3 fully saturated rings. The second-order valence-electron chi connectivity index (χ2n) is 29.9. The molecule has 17 atom stereocenters. The monoisotopic (exact) mass is 1500 g/mol. The summed E-state index contributed by atoms with van der Waals surface area (Å²) in [7, 11) is 0. The average Bonchev–Trinajstić information content (AvgIpc) is 0.780. The van der Waals surface area contributed by atoms with Crippen molar-refractivity contribution in [3.05, 3.63) is 97.2 Å². The second-order valence-corrected chi connectivity index (χ2v) is 29.9. The molecular weight excluding hydrogens is 1350 g/mol. The quantitative estimate of drug-likeness (QED) is 0.0199. The molecule has 19 nitrogen and oxygen atoms in total. The van der Waals surface area contributed by atoms with Gasteiger partial charge >= 0.3 is 0 Å². The molecule has 0 spiro atoms. The summed E-state index contributed by atoms with van der Waals surface area (Å²) < 4.78 is 34.5. The number of allylic oxidation sites excluding steroid dienone is 15. The molecule has 12 N–H and O–H groups in total. The number of aliphatic hydroxyl groups is 11. The maximum absolute atomic E-state index is 13.5. The Balaban J connectivity index is 1.33. The predicted molar refractivity (Wildman–Crippen MR) is 424 cm³/mol. The lowest BCUT2D eigenvalue weighted by molar-refractivity contribution is -0.379. The molecule has 614 valence electrons. The molecule has 3 saturated heterocycles. The minimum Gasteiger partial charge on any atom is -0.394 e. The fourth-order valence-corrected chi connectivity index (χ4v) is 13.9. The van der Waals surface area contributed by atoms with Gasteiger partial charge in [0.1, 0.15) is 73.2 Å². The SMILES string of the molecule is CC/C=C\C/C=C\C/C=C\C/C=C\C/C=C\C/C=C\CCCCCCCCCCCCCCCCCCCCCCC(=O)NC(COC1OC(CO)C(OC2OC(CO)C(OC3OC(CO)C(O)C(O)C3O)C(O)C2O)C(O)C1O)C(O)/C=C/CC/C=C/CCCCCCCCCCCCCCCCCC. The molecule has 0 saturated carbocycles. The van der Waals surface area contributed by atoms with Crippen molar-refractivity contribution in [2.24, 2.45) is 0 Å². The molecule has 0 aromatic rings. The van der Waals surface area contributed by atoms with Gasteiger partial charge in [-0.25, -0.2) is 0 Å². The van der Waals surface area contributed by atoms with Gasteiger partial charge in [-0.05, 0) is 83.5 Å². The lowest BCUT2D eigenvalue weighted by atomic mass is 9.96. The molecule has 3 rings (SSSR count). The van der Waals surface area contributed by atoms with Crippen molar-refractivity contribution >= 4 is 5.91 Å². The highest BCUT2D eigenvalue weighted by molar-refractivity contribution is 5.76. The number of nitrogens with one attached hydrogen (secondary N) is 1. The van der Waals surface area contributed by atoms with E-state index < -0.39 is 124 Å². The zero-order valence-electron chi connectivity index (χ0n) is 65.9. The van der Waals surface area contributed by atoms with Crippen molar-refractivity contribution in [1.29, 1.82) is 0 Å². The van der Waals surface area contributed by atoms with Gasteiger partial charge in [-0.2, -0.15) is 0 Å². The topological polar surface area (TPSA) is 307 Å². The number of unbranched alkanes of at least 4 members (excludes halogenated alkanes) is 37. The molecule has 3 heterocycles. The van der Waals surface area contributed by atoms with Gasteiger partial charge < -0.3 is 89.9 Å². The van der Waals surface area contributed by atoms with Crippen molar-refractivity contribution in [1.82, 2.24) is 5.32 Å². The molecule has 0 aliphatic carbocycles. The van der Waals surface area contributed by atoms with E-state index in [9.17, 15) is 61.0 Å². The van der Waals surface area contributed by atoms with E-state index >= 15 is 0 Å². The Morgan fingerprint density at radius 2 is 0.660 bits per heavy atom. The molecule has 17 unspecified atom stereocenters. The van der Waals surface area contributed by atoms with Crippen molar-refractivity contribution in [2.75, 3.05) is 26.4 Å². The van der Waals surface area contributed by atoms with Gasteiger partial charge in [-0.1, -0.05) is 323 Å². The smallest absolute Gasteiger partial charge is 0.220 e. The standard InChI is InChI=1S/C87H153NO18/c1-3-5-7-9-11-13-15-17-19-21-23-25-27-28-29-30-31-32-33-34-35-36-37-38-39-40-41-42-43-45-47-49-51-53-55-57-59-61-63-65-75(93)88-70(71(92)64-62-60-58-56-54-52-50-48-46-44-26-24-22-20-18-16-14-12-10-8-6-4-2)69-101-85-81(99)78(96)83(73(67-90)103-85)106-87-82(100)79(97)84(74(68-91)104-87)105-86-80(98)77(95)76(94)72(66-89)102-86/h5,7,11,13,17,19,23,25,28-29,31-32,54,56,62,64,70-74,76-87,89-92,94-100H,3-4,6,8-10,12,14-16,18,20-22,24,26-27,30,33-53,55,57-61,63,65-69H2,1-2H3,(H,88,93)/b7-5-,13-11-,19-17-,25-23-,29-28-,32-31-,56-54+,64-62+. The lowest BCUT2D eigenvalue weighted by Gasteiger charge is -2.48. The largest absolute Gasteiger partial charge is 0.394 e. The normalized spacial score (nSPS) is 26.1. The number of carbonyl (C=O) groups excluding carboxylic acids is 1. The van der Waals surface area contributed by atoms with Crippen molar-refractivity contribution in [2.45, 2.75) is 420 Å². The summed E-state index contributed by atoms with van der Waals surface area (Å²) in [5, 5.41) is 121. The fourth-order valence-electron chi connectivity index (χ4n) is 13.9. The highest BCUT2D eigenvalue weighted by atomic mass is 16.8. The Hall–Kier alpha value is -3.29. The van der Waals surface area contributed by atoms with Crippen LogP contribution in [0, 0.1) is 0 Å². The van der Waals surface area contributed by atoms with E-state index in [1.165, 1.54) is 205 Å². The molecule has 19 heteroatoms. The number of hydrogen-bond acceptors (Lipinski definition) is 18. The van der Waals surface area contributed by atoms with E-state index in [0.717, 1.165) is 77.0 Å². The highest BCUT2D eigenvalue weighted by Gasteiger charge is 2.54. The molecule has 0 radical (unpaired) electrons. The van der Waals surface area contributed by atoms with Crippen LogP contribution in [-0.2, 0) is 33.2 Å². The van der Waals surface area contributed by atoms with E-state index in [2.05, 4.69) is 104 Å². The zero-order chi connectivity index (χ0) is 76.7. The van der Waals surface area contributed by atoms with Crippen LogP contribution in [-0.4, -0.2) is 193 Å². The summed E-state index contributed by atoms with van der Waals surface area (Å²) in [6.07, 6.45) is 64.1. The number of rotatable bonds is 67. The zero-order valence-corrected chi connectivity index (χ0v) is 65.9. The third-order valence-corrected chi connectivity index (χ3v) is 20.6. The Morgan fingerprint density at radius 3 is 1.06 bits per heavy atom. The van der Waals surface area contributed by atoms with Crippen LogP contribution in [0.25, 0.3) is 0 Å². The molecule has 3 aliphatic rings. The van der Waals surface area contributed by atoms with Crippen molar-refractivity contribution in [3.8, 4) is 0 Å². The molecule has 0 aromatic heterocycles. The molecule has 0 aromatic carbocycles. The van der Waals surface area contributed by atoms with Crippen LogP contribution >= 0.6 is 0 Å². The van der Waals surface area contributed by atoms with Gasteiger partial charge in [0, 0.05) is 6.42 Å². The predicted octanol–water partition coefficient (Wildman–Crippen LogP) is 15.1. The van der Waals surface area contributed by atoms with Gasteiger partial charge in [-0.15, -0.1) is 0 Å². The van der Waals surface area contributed by atoms with Gasteiger partial charge in [-0.3, -0.25) is 4.79 Å². The average molecular weight is 1500 g/mol. The van der Waals surface area contributed by atoms with E-state index in [1.54, 1.807) is 6.08 Å². The van der Waals surface area contributed by atoms with Crippen molar-refractivity contribution < 1.29 is 89.4 Å². The maximum Gasteiger partial charge on any atom is 0.220 e. The van der Waals surface area contributed by atoms with E-state index in [1.807, 2.05) is 6.08 Å². The first-order chi connectivity index (χ1) is 51.8. The van der Waals surface area contributed by atoms with Crippen LogP contribution < -0.4 is 5.32 Å². The number of ether oxygens (including phenoxy) is 6. The summed E-state index contributed by atoms with van der Waals surface area (Å²) in [5.41, 5.74) is 0.